The zero-order chi connectivity index (χ0) is 15.2. The molecule has 0 aliphatic carbocycles. The van der Waals surface area contributed by atoms with E-state index in [-0.39, 0.29) is 5.69 Å². The maximum absolute atomic E-state index is 10.8. The standard InChI is InChI=1S/C13H13N3O4S/c1-19-12-5-4-9(16(17)18)7-11(12)15-13(21)14-8-10-3-2-6-20-10/h2-7H,8H2,1H3,(H2,14,15,21). The molecule has 8 heteroatoms. The third-order valence-electron chi connectivity index (χ3n) is 2.65. The van der Waals surface area contributed by atoms with Gasteiger partial charge in [-0.3, -0.25) is 10.1 Å². The lowest BCUT2D eigenvalue weighted by Gasteiger charge is -2.12. The van der Waals surface area contributed by atoms with Crippen LogP contribution in [-0.2, 0) is 6.54 Å². The first kappa shape index (κ1) is 14.8. The summed E-state index contributed by atoms with van der Waals surface area (Å²) in [6.45, 7) is 0.413. The number of rotatable bonds is 5. The number of benzene rings is 1. The molecule has 0 spiro atoms. The molecule has 1 heterocycles. The normalized spacial score (nSPS) is 9.95. The van der Waals surface area contributed by atoms with Gasteiger partial charge < -0.3 is 19.8 Å². The summed E-state index contributed by atoms with van der Waals surface area (Å²) in [5.41, 5.74) is 0.371. The van der Waals surface area contributed by atoms with Crippen LogP contribution in [0, 0.1) is 10.1 Å². The van der Waals surface area contributed by atoms with Crippen molar-refractivity contribution in [3.05, 3.63) is 52.5 Å². The molecule has 0 fully saturated rings. The van der Waals surface area contributed by atoms with Gasteiger partial charge in [0.1, 0.15) is 11.5 Å². The first-order valence-corrected chi connectivity index (χ1v) is 6.40. The lowest BCUT2D eigenvalue weighted by molar-refractivity contribution is -0.384. The zero-order valence-electron chi connectivity index (χ0n) is 11.2. The van der Waals surface area contributed by atoms with E-state index in [9.17, 15) is 10.1 Å². The van der Waals surface area contributed by atoms with Crippen molar-refractivity contribution in [1.82, 2.24) is 5.32 Å². The number of nitro groups is 1. The summed E-state index contributed by atoms with van der Waals surface area (Å²) in [6, 6.07) is 7.82. The SMILES string of the molecule is COc1ccc([N+](=O)[O-])cc1NC(=S)NCc1ccco1. The van der Waals surface area contributed by atoms with Crippen molar-refractivity contribution in [2.75, 3.05) is 12.4 Å². The molecule has 1 aromatic heterocycles. The van der Waals surface area contributed by atoms with Crippen molar-refractivity contribution in [3.63, 3.8) is 0 Å². The highest BCUT2D eigenvalue weighted by atomic mass is 32.1. The molecule has 21 heavy (non-hydrogen) atoms. The van der Waals surface area contributed by atoms with Gasteiger partial charge in [-0.05, 0) is 30.4 Å². The average Bonchev–Trinajstić information content (AvgIpc) is 2.98. The van der Waals surface area contributed by atoms with Gasteiger partial charge in [-0.1, -0.05) is 0 Å². The molecule has 2 rings (SSSR count). The Balaban J connectivity index is 2.04. The van der Waals surface area contributed by atoms with E-state index in [0.717, 1.165) is 5.76 Å². The Kier molecular flexibility index (Phi) is 4.72. The number of hydrogen-bond acceptors (Lipinski definition) is 5. The minimum absolute atomic E-state index is 0.0489. The Morgan fingerprint density at radius 1 is 1.48 bits per heavy atom. The summed E-state index contributed by atoms with van der Waals surface area (Å²) in [6.07, 6.45) is 1.57. The second-order valence-electron chi connectivity index (χ2n) is 4.03. The third-order valence-corrected chi connectivity index (χ3v) is 2.89. The zero-order valence-corrected chi connectivity index (χ0v) is 12.0. The predicted molar refractivity (Wildman–Crippen MR) is 81.4 cm³/mol. The third kappa shape index (κ3) is 3.93. The topological polar surface area (TPSA) is 89.6 Å². The van der Waals surface area contributed by atoms with E-state index in [1.807, 2.05) is 6.07 Å². The largest absolute Gasteiger partial charge is 0.495 e. The number of nitrogens with zero attached hydrogens (tertiary/aromatic N) is 1. The van der Waals surface area contributed by atoms with Gasteiger partial charge in [-0.2, -0.15) is 0 Å². The van der Waals surface area contributed by atoms with E-state index in [1.54, 1.807) is 12.3 Å². The van der Waals surface area contributed by atoms with E-state index < -0.39 is 4.92 Å². The molecular weight excluding hydrogens is 294 g/mol. The predicted octanol–water partition coefficient (Wildman–Crippen LogP) is 2.68. The molecule has 7 nitrogen and oxygen atoms in total. The number of furan rings is 1. The lowest BCUT2D eigenvalue weighted by atomic mass is 10.2. The first-order chi connectivity index (χ1) is 10.1. The molecular formula is C13H13N3O4S. The molecule has 2 aromatic rings. The maximum atomic E-state index is 10.8. The Bertz CT molecular complexity index is 643. The van der Waals surface area contributed by atoms with Crippen LogP contribution >= 0.6 is 12.2 Å². The highest BCUT2D eigenvalue weighted by Gasteiger charge is 2.12. The van der Waals surface area contributed by atoms with Gasteiger partial charge in [0.05, 0.1) is 30.5 Å². The summed E-state index contributed by atoms with van der Waals surface area (Å²) >= 11 is 5.14. The van der Waals surface area contributed by atoms with E-state index in [4.69, 9.17) is 21.4 Å². The van der Waals surface area contributed by atoms with Crippen LogP contribution in [-0.4, -0.2) is 17.1 Å². The summed E-state index contributed by atoms with van der Waals surface area (Å²) in [4.78, 5) is 10.3. The quantitative estimate of drug-likeness (QED) is 0.498. The van der Waals surface area contributed by atoms with E-state index in [1.165, 1.54) is 25.3 Å². The maximum Gasteiger partial charge on any atom is 0.271 e. The van der Waals surface area contributed by atoms with Gasteiger partial charge in [-0.15, -0.1) is 0 Å². The van der Waals surface area contributed by atoms with Crippen LogP contribution in [0.15, 0.2) is 41.0 Å². The number of non-ortho nitro benzene ring substituents is 1. The molecule has 0 aliphatic rings. The fourth-order valence-corrected chi connectivity index (χ4v) is 1.84. The monoisotopic (exact) mass is 307 g/mol. The summed E-state index contributed by atoms with van der Waals surface area (Å²) in [5.74, 6) is 1.19. The number of nitro benzene ring substituents is 1. The Morgan fingerprint density at radius 3 is 2.90 bits per heavy atom. The van der Waals surface area contributed by atoms with Gasteiger partial charge in [0.2, 0.25) is 0 Å². The molecule has 110 valence electrons. The van der Waals surface area contributed by atoms with Crippen LogP contribution in [0.25, 0.3) is 0 Å². The number of thiocarbonyl (C=S) groups is 1. The average molecular weight is 307 g/mol. The first-order valence-electron chi connectivity index (χ1n) is 6.00. The van der Waals surface area contributed by atoms with Crippen LogP contribution in [0.3, 0.4) is 0 Å². The summed E-state index contributed by atoms with van der Waals surface area (Å²) < 4.78 is 10.3. The Morgan fingerprint density at radius 2 is 2.29 bits per heavy atom. The minimum atomic E-state index is -0.482. The van der Waals surface area contributed by atoms with Gasteiger partial charge in [0.15, 0.2) is 5.11 Å². The van der Waals surface area contributed by atoms with E-state index >= 15 is 0 Å². The number of ether oxygens (including phenoxy) is 1. The van der Waals surface area contributed by atoms with Crippen molar-refractivity contribution in [3.8, 4) is 5.75 Å². The fraction of sp³-hybridized carbons (Fsp3) is 0.154. The minimum Gasteiger partial charge on any atom is -0.495 e. The van der Waals surface area contributed by atoms with Crippen LogP contribution in [0.1, 0.15) is 5.76 Å². The molecule has 0 bridgehead atoms. The summed E-state index contributed by atoms with van der Waals surface area (Å²) in [5, 5.41) is 16.9. The van der Waals surface area contributed by atoms with Crippen molar-refractivity contribution in [2.45, 2.75) is 6.54 Å². The summed E-state index contributed by atoms with van der Waals surface area (Å²) in [7, 11) is 1.48. The van der Waals surface area contributed by atoms with Crippen LogP contribution in [0.4, 0.5) is 11.4 Å². The van der Waals surface area contributed by atoms with Crippen LogP contribution in [0.5, 0.6) is 5.75 Å². The van der Waals surface area contributed by atoms with E-state index in [2.05, 4.69) is 10.6 Å². The molecule has 0 saturated carbocycles. The van der Waals surface area contributed by atoms with Crippen molar-refractivity contribution < 1.29 is 14.1 Å². The Labute approximate surface area is 126 Å². The van der Waals surface area contributed by atoms with Gasteiger partial charge in [0, 0.05) is 12.1 Å². The van der Waals surface area contributed by atoms with Crippen molar-refractivity contribution >= 4 is 28.7 Å². The van der Waals surface area contributed by atoms with Gasteiger partial charge in [-0.25, -0.2) is 0 Å². The van der Waals surface area contributed by atoms with Crippen molar-refractivity contribution in [2.24, 2.45) is 0 Å². The highest BCUT2D eigenvalue weighted by molar-refractivity contribution is 7.80. The molecule has 0 amide bonds. The number of methoxy groups -OCH3 is 1. The number of nitrogens with one attached hydrogen (secondary N) is 2. The second-order valence-corrected chi connectivity index (χ2v) is 4.44. The molecule has 0 radical (unpaired) electrons. The van der Waals surface area contributed by atoms with E-state index in [0.29, 0.717) is 23.1 Å². The molecule has 1 aromatic carbocycles. The van der Waals surface area contributed by atoms with Crippen LogP contribution < -0.4 is 15.4 Å². The molecule has 0 saturated heterocycles. The molecule has 0 unspecified atom stereocenters. The highest BCUT2D eigenvalue weighted by Crippen LogP contribution is 2.28. The number of anilines is 1. The molecule has 0 atom stereocenters. The van der Waals surface area contributed by atoms with Gasteiger partial charge >= 0.3 is 0 Å². The molecule has 0 aliphatic heterocycles. The lowest BCUT2D eigenvalue weighted by Crippen LogP contribution is -2.27. The van der Waals surface area contributed by atoms with Crippen LogP contribution in [0.2, 0.25) is 0 Å². The second kappa shape index (κ2) is 6.71. The van der Waals surface area contributed by atoms with Crippen molar-refractivity contribution in [1.29, 1.82) is 0 Å². The molecule has 2 N–H and O–H groups in total. The fourth-order valence-electron chi connectivity index (χ4n) is 1.65. The number of hydrogen-bond donors (Lipinski definition) is 2. The Hall–Kier alpha value is -2.61. The van der Waals surface area contributed by atoms with Gasteiger partial charge in [0.25, 0.3) is 5.69 Å². The smallest absolute Gasteiger partial charge is 0.271 e.